The van der Waals surface area contributed by atoms with E-state index in [1.54, 1.807) is 0 Å². The lowest BCUT2D eigenvalue weighted by Gasteiger charge is -2.34. The molecule has 14 heteroatoms. The van der Waals surface area contributed by atoms with Crippen molar-refractivity contribution in [3.05, 3.63) is 60.7 Å². The van der Waals surface area contributed by atoms with E-state index in [4.69, 9.17) is 19.7 Å². The largest absolute Gasteiger partial charge is 0.463 e. The second kappa shape index (κ2) is 16.8. The van der Waals surface area contributed by atoms with Crippen molar-refractivity contribution >= 4 is 41.1 Å². The summed E-state index contributed by atoms with van der Waals surface area (Å²) in [6.45, 7) is 15.1. The van der Waals surface area contributed by atoms with Crippen molar-refractivity contribution in [2.24, 2.45) is 0 Å². The van der Waals surface area contributed by atoms with Gasteiger partial charge in [0.25, 0.3) is 0 Å². The number of hydrogen-bond donors (Lipinski definition) is 3. The molecule has 0 unspecified atom stereocenters. The first-order valence-corrected chi connectivity index (χ1v) is 17.1. The molecule has 0 saturated carbocycles. The summed E-state index contributed by atoms with van der Waals surface area (Å²) in [6, 6.07) is 20.2. The summed E-state index contributed by atoms with van der Waals surface area (Å²) in [5, 5.41) is 10.1. The Labute approximate surface area is 283 Å². The number of piperazine rings is 2. The molecule has 2 aliphatic heterocycles. The highest BCUT2D eigenvalue weighted by molar-refractivity contribution is 5.56. The van der Waals surface area contributed by atoms with Crippen molar-refractivity contribution in [1.82, 2.24) is 39.7 Å². The van der Waals surface area contributed by atoms with E-state index in [0.29, 0.717) is 48.9 Å². The van der Waals surface area contributed by atoms with Crippen LogP contribution in [0.4, 0.5) is 41.1 Å². The Kier molecular flexibility index (Phi) is 11.6. The molecule has 254 valence electrons. The number of hydrogen-bond acceptors (Lipinski definition) is 14. The number of rotatable bonds is 15. The van der Waals surface area contributed by atoms with Gasteiger partial charge < -0.3 is 40.3 Å². The number of nitrogens with one attached hydrogen (secondary N) is 3. The van der Waals surface area contributed by atoms with Gasteiger partial charge in [0.1, 0.15) is 0 Å². The van der Waals surface area contributed by atoms with Crippen molar-refractivity contribution in [2.75, 3.05) is 104 Å². The average Bonchev–Trinajstić information content (AvgIpc) is 3.14. The number of nitrogens with zero attached hydrogens (tertiary/aromatic N) is 10. The molecule has 14 nitrogen and oxygen atoms in total. The fourth-order valence-electron chi connectivity index (χ4n) is 5.67. The molecule has 3 N–H and O–H groups in total. The van der Waals surface area contributed by atoms with E-state index in [0.717, 1.165) is 89.7 Å². The van der Waals surface area contributed by atoms with Crippen LogP contribution in [0, 0.1) is 0 Å². The molecule has 4 aromatic rings. The molecule has 6 rings (SSSR count). The van der Waals surface area contributed by atoms with Gasteiger partial charge in [0, 0.05) is 70.3 Å². The first kappa shape index (κ1) is 33.1. The van der Waals surface area contributed by atoms with Gasteiger partial charge in [-0.15, -0.1) is 0 Å². The Bertz CT molecular complexity index is 1430. The Balaban J connectivity index is 1.05. The summed E-state index contributed by atoms with van der Waals surface area (Å²) in [5.74, 6) is 2.88. The topological polar surface area (TPSA) is 136 Å². The second-order valence-electron chi connectivity index (χ2n) is 11.8. The zero-order valence-electron chi connectivity index (χ0n) is 28.1. The number of unbranched alkanes of at least 4 members (excludes halogenated alkanes) is 1. The van der Waals surface area contributed by atoms with Crippen LogP contribution in [0.15, 0.2) is 60.7 Å². The summed E-state index contributed by atoms with van der Waals surface area (Å²) in [4.78, 5) is 37.5. The number of anilines is 7. The Morgan fingerprint density at radius 1 is 0.562 bits per heavy atom. The number of aromatic nitrogens is 6. The fourth-order valence-corrected chi connectivity index (χ4v) is 5.67. The van der Waals surface area contributed by atoms with Crippen LogP contribution in [0.5, 0.6) is 6.01 Å². The van der Waals surface area contributed by atoms with Crippen LogP contribution >= 0.6 is 0 Å². The van der Waals surface area contributed by atoms with E-state index in [-0.39, 0.29) is 0 Å². The first-order valence-electron chi connectivity index (χ1n) is 17.1. The molecule has 48 heavy (non-hydrogen) atoms. The SMILES string of the molecule is CCN1CCN(c2nc(NCCCCOc3nc(Nc4ccccc4)nc(N4CCN(CC)CC4)n3)nc(Nc3ccccc3)n2)CC1. The number of benzene rings is 2. The van der Waals surface area contributed by atoms with Crippen molar-refractivity contribution in [1.29, 1.82) is 0 Å². The minimum absolute atomic E-state index is 0.325. The van der Waals surface area contributed by atoms with E-state index in [2.05, 4.69) is 64.3 Å². The zero-order valence-corrected chi connectivity index (χ0v) is 28.1. The third-order valence-corrected chi connectivity index (χ3v) is 8.58. The fraction of sp³-hybridized carbons (Fsp3) is 0.471. The van der Waals surface area contributed by atoms with E-state index in [9.17, 15) is 0 Å². The Morgan fingerprint density at radius 3 is 1.60 bits per heavy atom. The summed E-state index contributed by atoms with van der Waals surface area (Å²) < 4.78 is 6.08. The van der Waals surface area contributed by atoms with E-state index in [1.165, 1.54) is 0 Å². The average molecular weight is 654 g/mol. The highest BCUT2D eigenvalue weighted by atomic mass is 16.5. The molecule has 0 aliphatic carbocycles. The van der Waals surface area contributed by atoms with Crippen molar-refractivity contribution in [3.8, 4) is 6.01 Å². The number of likely N-dealkylation sites (N-methyl/N-ethyl adjacent to an activating group) is 2. The Hall–Kier alpha value is -4.82. The van der Waals surface area contributed by atoms with Gasteiger partial charge in [0.15, 0.2) is 0 Å². The lowest BCUT2D eigenvalue weighted by molar-refractivity contribution is 0.267. The maximum absolute atomic E-state index is 6.08. The van der Waals surface area contributed by atoms with Gasteiger partial charge in [-0.3, -0.25) is 0 Å². The van der Waals surface area contributed by atoms with Gasteiger partial charge in [-0.2, -0.15) is 29.9 Å². The maximum atomic E-state index is 6.08. The minimum Gasteiger partial charge on any atom is -0.463 e. The summed E-state index contributed by atoms with van der Waals surface area (Å²) in [6.07, 6.45) is 1.65. The van der Waals surface area contributed by atoms with Gasteiger partial charge in [-0.25, -0.2) is 0 Å². The molecule has 0 radical (unpaired) electrons. The minimum atomic E-state index is 0.325. The monoisotopic (exact) mass is 653 g/mol. The number of para-hydroxylation sites is 2. The van der Waals surface area contributed by atoms with Crippen molar-refractivity contribution in [3.63, 3.8) is 0 Å². The van der Waals surface area contributed by atoms with Gasteiger partial charge in [0.2, 0.25) is 29.7 Å². The third kappa shape index (κ3) is 9.38. The summed E-state index contributed by atoms with van der Waals surface area (Å²) >= 11 is 0. The van der Waals surface area contributed by atoms with Crippen LogP contribution < -0.4 is 30.5 Å². The van der Waals surface area contributed by atoms with Gasteiger partial charge in [-0.1, -0.05) is 50.2 Å². The van der Waals surface area contributed by atoms with Gasteiger partial charge in [0.05, 0.1) is 6.61 Å². The molecule has 0 spiro atoms. The maximum Gasteiger partial charge on any atom is 0.323 e. The zero-order chi connectivity index (χ0) is 33.0. The number of ether oxygens (including phenoxy) is 1. The molecule has 2 saturated heterocycles. The van der Waals surface area contributed by atoms with Gasteiger partial charge >= 0.3 is 6.01 Å². The van der Waals surface area contributed by atoms with Crippen LogP contribution in [0.25, 0.3) is 0 Å². The third-order valence-electron chi connectivity index (χ3n) is 8.58. The van der Waals surface area contributed by atoms with Crippen LogP contribution in [0.1, 0.15) is 26.7 Å². The van der Waals surface area contributed by atoms with E-state index >= 15 is 0 Å². The van der Waals surface area contributed by atoms with E-state index in [1.807, 2.05) is 60.7 Å². The quantitative estimate of drug-likeness (QED) is 0.159. The van der Waals surface area contributed by atoms with Crippen molar-refractivity contribution < 1.29 is 4.74 Å². The predicted octanol–water partition coefficient (Wildman–Crippen LogP) is 4.10. The van der Waals surface area contributed by atoms with Crippen LogP contribution in [-0.2, 0) is 0 Å². The molecule has 2 aliphatic rings. The van der Waals surface area contributed by atoms with Crippen molar-refractivity contribution in [2.45, 2.75) is 26.7 Å². The summed E-state index contributed by atoms with van der Waals surface area (Å²) in [5.41, 5.74) is 1.84. The molecule has 0 amide bonds. The molecule has 2 fully saturated rings. The molecule has 0 atom stereocenters. The highest BCUT2D eigenvalue weighted by Gasteiger charge is 2.21. The van der Waals surface area contributed by atoms with Gasteiger partial charge in [-0.05, 0) is 50.2 Å². The second-order valence-corrected chi connectivity index (χ2v) is 11.8. The predicted molar refractivity (Wildman–Crippen MR) is 191 cm³/mol. The smallest absolute Gasteiger partial charge is 0.323 e. The first-order chi connectivity index (χ1) is 23.6. The van der Waals surface area contributed by atoms with E-state index < -0.39 is 0 Å². The molecular weight excluding hydrogens is 606 g/mol. The Morgan fingerprint density at radius 2 is 1.06 bits per heavy atom. The highest BCUT2D eigenvalue weighted by Crippen LogP contribution is 2.21. The molecule has 4 heterocycles. The molecule has 2 aromatic heterocycles. The van der Waals surface area contributed by atoms with Crippen LogP contribution in [0.2, 0.25) is 0 Å². The lowest BCUT2D eigenvalue weighted by atomic mass is 10.3. The molecule has 2 aromatic carbocycles. The standard InChI is InChI=1S/C34H47N13O/c1-3-44-18-22-46(23-19-44)32-39-29(38-30(40-32)36-27-13-7-5-8-14-27)35-17-11-12-26-48-34-42-31(37-28-15-9-6-10-16-28)41-33(43-34)47-24-20-45(4-2)21-25-47/h5-10,13-16H,3-4,11-12,17-26H2,1-2H3,(H,37,41,42,43)(H2,35,36,38,39,40). The summed E-state index contributed by atoms with van der Waals surface area (Å²) in [7, 11) is 0. The molecule has 0 bridgehead atoms. The normalized spacial score (nSPS) is 15.7. The molecular formula is C34H47N13O. The van der Waals surface area contributed by atoms with Crippen LogP contribution in [-0.4, -0.2) is 118 Å². The lowest BCUT2D eigenvalue weighted by Crippen LogP contribution is -2.46. The van der Waals surface area contributed by atoms with Crippen LogP contribution in [0.3, 0.4) is 0 Å².